The Balaban J connectivity index is 3.10. The summed E-state index contributed by atoms with van der Waals surface area (Å²) in [5, 5.41) is 10.3. The van der Waals surface area contributed by atoms with E-state index in [4.69, 9.17) is 17.3 Å². The van der Waals surface area contributed by atoms with Crippen LogP contribution in [0, 0.1) is 6.92 Å². The minimum atomic E-state index is 0.00481. The number of aryl methyl sites for hydroxylation is 1. The summed E-state index contributed by atoms with van der Waals surface area (Å²) in [6, 6.07) is 3.58. The number of nitrogens with two attached hydrogens (primary N) is 1. The highest BCUT2D eigenvalue weighted by molar-refractivity contribution is 6.31. The Bertz CT molecular complexity index is 310. The van der Waals surface area contributed by atoms with Crippen molar-refractivity contribution in [3.63, 3.8) is 0 Å². The molecule has 1 unspecified atom stereocenters. The van der Waals surface area contributed by atoms with Crippen molar-refractivity contribution in [2.45, 2.75) is 26.3 Å². The highest BCUT2D eigenvalue weighted by Gasteiger charge is 2.10. The Labute approximate surface area is 83.3 Å². The van der Waals surface area contributed by atoms with Gasteiger partial charge in [-0.15, -0.1) is 0 Å². The van der Waals surface area contributed by atoms with E-state index in [1.54, 1.807) is 12.1 Å². The zero-order valence-corrected chi connectivity index (χ0v) is 8.60. The Morgan fingerprint density at radius 1 is 1.54 bits per heavy atom. The molecule has 0 aliphatic heterocycles. The lowest BCUT2D eigenvalue weighted by Gasteiger charge is -2.11. The summed E-state index contributed by atoms with van der Waals surface area (Å²) in [5.41, 5.74) is 7.22. The van der Waals surface area contributed by atoms with Crippen LogP contribution in [0.4, 0.5) is 0 Å². The van der Waals surface area contributed by atoms with Gasteiger partial charge in [0.2, 0.25) is 0 Å². The van der Waals surface area contributed by atoms with Gasteiger partial charge in [-0.3, -0.25) is 0 Å². The van der Waals surface area contributed by atoms with Gasteiger partial charge in [0.05, 0.1) is 0 Å². The van der Waals surface area contributed by atoms with Crippen LogP contribution in [0.1, 0.15) is 18.1 Å². The fourth-order valence-electron chi connectivity index (χ4n) is 1.24. The number of phenols is 1. The Kier molecular flexibility index (Phi) is 3.17. The summed E-state index contributed by atoms with van der Waals surface area (Å²) in [4.78, 5) is 0. The normalized spacial score (nSPS) is 12.9. The first kappa shape index (κ1) is 10.4. The molecule has 1 aromatic rings. The molecule has 0 aromatic heterocycles. The van der Waals surface area contributed by atoms with Crippen molar-refractivity contribution < 1.29 is 5.11 Å². The highest BCUT2D eigenvalue weighted by Crippen LogP contribution is 2.29. The van der Waals surface area contributed by atoms with Crippen LogP contribution in [0.15, 0.2) is 12.1 Å². The van der Waals surface area contributed by atoms with Crippen molar-refractivity contribution in [3.05, 3.63) is 28.3 Å². The van der Waals surface area contributed by atoms with Gasteiger partial charge in [0.1, 0.15) is 5.75 Å². The second-order valence-corrected chi connectivity index (χ2v) is 3.78. The van der Waals surface area contributed by atoms with Crippen LogP contribution in [0.5, 0.6) is 5.75 Å². The number of benzene rings is 1. The van der Waals surface area contributed by atoms with Crippen LogP contribution in [-0.4, -0.2) is 11.1 Å². The van der Waals surface area contributed by atoms with Crippen molar-refractivity contribution in [3.8, 4) is 5.75 Å². The van der Waals surface area contributed by atoms with Gasteiger partial charge in [0.25, 0.3) is 0 Å². The summed E-state index contributed by atoms with van der Waals surface area (Å²) in [5.74, 6) is 0.268. The SMILES string of the molecule is Cc1ccc(Cl)c(CC(C)N)c1O. The number of halogens is 1. The van der Waals surface area contributed by atoms with Crippen LogP contribution < -0.4 is 5.73 Å². The molecule has 72 valence electrons. The molecule has 0 fully saturated rings. The maximum absolute atomic E-state index is 9.69. The van der Waals surface area contributed by atoms with Gasteiger partial charge in [0.15, 0.2) is 0 Å². The van der Waals surface area contributed by atoms with Crippen LogP contribution in [0.25, 0.3) is 0 Å². The molecule has 3 heteroatoms. The van der Waals surface area contributed by atoms with Gasteiger partial charge in [-0.05, 0) is 31.9 Å². The van der Waals surface area contributed by atoms with Crippen LogP contribution >= 0.6 is 11.6 Å². The topological polar surface area (TPSA) is 46.2 Å². The van der Waals surface area contributed by atoms with Crippen molar-refractivity contribution >= 4 is 11.6 Å². The Morgan fingerprint density at radius 3 is 2.69 bits per heavy atom. The van der Waals surface area contributed by atoms with E-state index >= 15 is 0 Å². The minimum absolute atomic E-state index is 0.00481. The molecule has 0 heterocycles. The van der Waals surface area contributed by atoms with E-state index in [2.05, 4.69) is 0 Å². The number of rotatable bonds is 2. The molecule has 0 bridgehead atoms. The van der Waals surface area contributed by atoms with Crippen molar-refractivity contribution in [2.24, 2.45) is 5.73 Å². The molecule has 0 radical (unpaired) electrons. The summed E-state index contributed by atoms with van der Waals surface area (Å²) < 4.78 is 0. The van der Waals surface area contributed by atoms with E-state index in [0.717, 1.165) is 11.1 Å². The maximum atomic E-state index is 9.69. The zero-order chi connectivity index (χ0) is 10.0. The van der Waals surface area contributed by atoms with Crippen molar-refractivity contribution in [1.29, 1.82) is 0 Å². The van der Waals surface area contributed by atoms with E-state index in [0.29, 0.717) is 11.4 Å². The Morgan fingerprint density at radius 2 is 2.15 bits per heavy atom. The molecular formula is C10H14ClNO. The van der Waals surface area contributed by atoms with Gasteiger partial charge < -0.3 is 10.8 Å². The highest BCUT2D eigenvalue weighted by atomic mass is 35.5. The quantitative estimate of drug-likeness (QED) is 0.768. The first-order valence-corrected chi connectivity index (χ1v) is 4.62. The largest absolute Gasteiger partial charge is 0.507 e. The summed E-state index contributed by atoms with van der Waals surface area (Å²) in [6.07, 6.45) is 0.604. The monoisotopic (exact) mass is 199 g/mol. The molecule has 0 amide bonds. The predicted molar refractivity (Wildman–Crippen MR) is 55.2 cm³/mol. The van der Waals surface area contributed by atoms with Crippen LogP contribution in [0.3, 0.4) is 0 Å². The van der Waals surface area contributed by atoms with E-state index in [9.17, 15) is 5.11 Å². The molecule has 2 nitrogen and oxygen atoms in total. The van der Waals surface area contributed by atoms with Gasteiger partial charge in [0, 0.05) is 16.6 Å². The van der Waals surface area contributed by atoms with Crippen LogP contribution in [-0.2, 0) is 6.42 Å². The molecule has 0 aliphatic rings. The minimum Gasteiger partial charge on any atom is -0.507 e. The lowest BCUT2D eigenvalue weighted by molar-refractivity contribution is 0.461. The predicted octanol–water partition coefficient (Wildman–Crippen LogP) is 2.24. The molecule has 0 saturated carbocycles. The molecule has 13 heavy (non-hydrogen) atoms. The molecule has 1 aromatic carbocycles. The first-order chi connectivity index (χ1) is 6.02. The standard InChI is InChI=1S/C10H14ClNO/c1-6-3-4-9(11)8(10(6)13)5-7(2)12/h3-4,7,13H,5,12H2,1-2H3. The lowest BCUT2D eigenvalue weighted by atomic mass is 10.0. The van der Waals surface area contributed by atoms with Crippen LogP contribution in [0.2, 0.25) is 5.02 Å². The molecule has 0 spiro atoms. The average molecular weight is 200 g/mol. The fraction of sp³-hybridized carbons (Fsp3) is 0.400. The molecule has 1 rings (SSSR count). The van der Waals surface area contributed by atoms with E-state index in [1.807, 2.05) is 13.8 Å². The molecule has 0 aliphatic carbocycles. The maximum Gasteiger partial charge on any atom is 0.123 e. The third-order valence-electron chi connectivity index (χ3n) is 1.95. The van der Waals surface area contributed by atoms with E-state index in [-0.39, 0.29) is 11.8 Å². The van der Waals surface area contributed by atoms with E-state index < -0.39 is 0 Å². The smallest absolute Gasteiger partial charge is 0.123 e. The second-order valence-electron chi connectivity index (χ2n) is 3.37. The lowest BCUT2D eigenvalue weighted by Crippen LogP contribution is -2.18. The van der Waals surface area contributed by atoms with Gasteiger partial charge in [-0.25, -0.2) is 0 Å². The number of hydrogen-bond acceptors (Lipinski definition) is 2. The number of aromatic hydroxyl groups is 1. The van der Waals surface area contributed by atoms with Gasteiger partial charge in [-0.2, -0.15) is 0 Å². The summed E-state index contributed by atoms with van der Waals surface area (Å²) in [6.45, 7) is 3.73. The first-order valence-electron chi connectivity index (χ1n) is 4.25. The fourth-order valence-corrected chi connectivity index (χ4v) is 1.47. The molecular weight excluding hydrogens is 186 g/mol. The third kappa shape index (κ3) is 2.36. The third-order valence-corrected chi connectivity index (χ3v) is 2.31. The van der Waals surface area contributed by atoms with Crippen molar-refractivity contribution in [2.75, 3.05) is 0 Å². The zero-order valence-electron chi connectivity index (χ0n) is 7.84. The van der Waals surface area contributed by atoms with Gasteiger partial charge in [-0.1, -0.05) is 17.7 Å². The van der Waals surface area contributed by atoms with Crippen molar-refractivity contribution in [1.82, 2.24) is 0 Å². The number of hydrogen-bond donors (Lipinski definition) is 2. The summed E-state index contributed by atoms with van der Waals surface area (Å²) in [7, 11) is 0. The van der Waals surface area contributed by atoms with Gasteiger partial charge >= 0.3 is 0 Å². The second kappa shape index (κ2) is 3.99. The molecule has 3 N–H and O–H groups in total. The number of phenolic OH excluding ortho intramolecular Hbond substituents is 1. The molecule has 1 atom stereocenters. The summed E-state index contributed by atoms with van der Waals surface area (Å²) >= 11 is 5.93. The van der Waals surface area contributed by atoms with E-state index in [1.165, 1.54) is 0 Å². The average Bonchev–Trinajstić information content (AvgIpc) is 2.05. The Hall–Kier alpha value is -0.730. The molecule has 0 saturated heterocycles.